The zero-order valence-electron chi connectivity index (χ0n) is 11.5. The molecule has 1 saturated heterocycles. The Labute approximate surface area is 124 Å². The molecule has 2 heterocycles. The van der Waals surface area contributed by atoms with Crippen molar-refractivity contribution >= 4 is 5.91 Å². The van der Waals surface area contributed by atoms with Crippen molar-refractivity contribution in [2.45, 2.75) is 25.6 Å². The van der Waals surface area contributed by atoms with E-state index in [0.29, 0.717) is 0 Å². The first kappa shape index (κ1) is 15.8. The third-order valence-electron chi connectivity index (χ3n) is 3.59. The third kappa shape index (κ3) is 3.19. The van der Waals surface area contributed by atoms with Gasteiger partial charge in [0.15, 0.2) is 11.4 Å². The molecule has 22 heavy (non-hydrogen) atoms. The summed E-state index contributed by atoms with van der Waals surface area (Å²) in [5.74, 6) is -2.04. The SMILES string of the molecule is N#Cc1ncn(CC(=O)N2CCC[C@@H](C(F)(F)F)C2)c1C#N. The molecule has 0 N–H and O–H groups in total. The number of nitriles is 2. The van der Waals surface area contributed by atoms with Crippen molar-refractivity contribution in [3.63, 3.8) is 0 Å². The van der Waals surface area contributed by atoms with Crippen LogP contribution >= 0.6 is 0 Å². The molecule has 6 nitrogen and oxygen atoms in total. The molecule has 0 spiro atoms. The predicted octanol–water partition coefficient (Wildman–Crippen LogP) is 1.43. The fraction of sp³-hybridized carbons (Fsp3) is 0.538. The lowest BCUT2D eigenvalue weighted by Gasteiger charge is -2.33. The molecule has 1 aliphatic rings. The number of carbonyl (C=O) groups excluding carboxylic acids is 1. The Kier molecular flexibility index (Phi) is 4.36. The summed E-state index contributed by atoms with van der Waals surface area (Å²) in [4.78, 5) is 17.0. The number of likely N-dealkylation sites (tertiary alicyclic amines) is 1. The Morgan fingerprint density at radius 1 is 1.41 bits per heavy atom. The van der Waals surface area contributed by atoms with Crippen LogP contribution in [0.2, 0.25) is 0 Å². The molecule has 1 atom stereocenters. The molecule has 0 aromatic carbocycles. The highest BCUT2D eigenvalue weighted by atomic mass is 19.4. The van der Waals surface area contributed by atoms with Gasteiger partial charge in [-0.25, -0.2) is 4.98 Å². The van der Waals surface area contributed by atoms with E-state index in [2.05, 4.69) is 4.98 Å². The lowest BCUT2D eigenvalue weighted by Crippen LogP contribution is -2.45. The summed E-state index contributed by atoms with van der Waals surface area (Å²) < 4.78 is 39.4. The molecular formula is C13H12F3N5O. The first-order valence-corrected chi connectivity index (χ1v) is 6.56. The van der Waals surface area contributed by atoms with Gasteiger partial charge in [-0.05, 0) is 12.8 Å². The number of carbonyl (C=O) groups is 1. The van der Waals surface area contributed by atoms with Crippen molar-refractivity contribution < 1.29 is 18.0 Å². The Bertz CT molecular complexity index is 652. The second-order valence-corrected chi connectivity index (χ2v) is 5.01. The van der Waals surface area contributed by atoms with Crippen LogP contribution in [0.25, 0.3) is 0 Å². The number of amides is 1. The minimum atomic E-state index is -4.32. The minimum absolute atomic E-state index is 0.0143. The largest absolute Gasteiger partial charge is 0.393 e. The molecule has 9 heteroatoms. The van der Waals surface area contributed by atoms with Gasteiger partial charge in [-0.3, -0.25) is 4.79 Å². The smallest absolute Gasteiger partial charge is 0.341 e. The number of piperidine rings is 1. The molecular weight excluding hydrogens is 299 g/mol. The van der Waals surface area contributed by atoms with E-state index in [0.717, 1.165) is 4.90 Å². The van der Waals surface area contributed by atoms with Gasteiger partial charge >= 0.3 is 6.18 Å². The normalized spacial score (nSPS) is 18.6. The van der Waals surface area contributed by atoms with Crippen molar-refractivity contribution in [3.8, 4) is 12.1 Å². The Morgan fingerprint density at radius 3 is 2.73 bits per heavy atom. The van der Waals surface area contributed by atoms with Crippen LogP contribution < -0.4 is 0 Å². The van der Waals surface area contributed by atoms with E-state index in [-0.39, 0.29) is 43.9 Å². The van der Waals surface area contributed by atoms with Gasteiger partial charge in [-0.1, -0.05) is 0 Å². The number of imidazole rings is 1. The fourth-order valence-corrected chi connectivity index (χ4v) is 2.42. The molecule has 1 fully saturated rings. The first-order chi connectivity index (χ1) is 10.4. The van der Waals surface area contributed by atoms with Crippen LogP contribution in [0.15, 0.2) is 6.33 Å². The van der Waals surface area contributed by atoms with Gasteiger partial charge in [0, 0.05) is 13.1 Å². The topological polar surface area (TPSA) is 85.7 Å². The maximum atomic E-state index is 12.7. The molecule has 1 aliphatic heterocycles. The quantitative estimate of drug-likeness (QED) is 0.827. The maximum absolute atomic E-state index is 12.7. The van der Waals surface area contributed by atoms with Gasteiger partial charge in [0.2, 0.25) is 5.91 Å². The highest BCUT2D eigenvalue weighted by Gasteiger charge is 2.42. The second kappa shape index (κ2) is 6.06. The summed E-state index contributed by atoms with van der Waals surface area (Å²) >= 11 is 0. The van der Waals surface area contributed by atoms with Crippen LogP contribution in [0.5, 0.6) is 0 Å². The van der Waals surface area contributed by atoms with Gasteiger partial charge in [-0.2, -0.15) is 23.7 Å². The third-order valence-corrected chi connectivity index (χ3v) is 3.59. The summed E-state index contributed by atoms with van der Waals surface area (Å²) in [6.07, 6.45) is -2.85. The first-order valence-electron chi connectivity index (χ1n) is 6.56. The van der Waals surface area contributed by atoms with Crippen LogP contribution in [0.3, 0.4) is 0 Å². The average molecular weight is 311 g/mol. The molecule has 0 unspecified atom stereocenters. The summed E-state index contributed by atoms with van der Waals surface area (Å²) in [6, 6.07) is 3.48. The summed E-state index contributed by atoms with van der Waals surface area (Å²) in [7, 11) is 0. The van der Waals surface area contributed by atoms with Gasteiger partial charge < -0.3 is 9.47 Å². The van der Waals surface area contributed by atoms with Crippen LogP contribution in [-0.2, 0) is 11.3 Å². The molecule has 1 aromatic rings. The predicted molar refractivity (Wildman–Crippen MR) is 67.0 cm³/mol. The van der Waals surface area contributed by atoms with E-state index in [4.69, 9.17) is 10.5 Å². The van der Waals surface area contributed by atoms with E-state index >= 15 is 0 Å². The average Bonchev–Trinajstić information content (AvgIpc) is 2.88. The Balaban J connectivity index is 2.09. The zero-order chi connectivity index (χ0) is 16.3. The van der Waals surface area contributed by atoms with Crippen LogP contribution in [0, 0.1) is 28.6 Å². The van der Waals surface area contributed by atoms with Gasteiger partial charge in [0.25, 0.3) is 0 Å². The van der Waals surface area contributed by atoms with E-state index in [1.807, 2.05) is 0 Å². The molecule has 0 aliphatic carbocycles. The summed E-state index contributed by atoms with van der Waals surface area (Å²) in [6.45, 7) is -0.417. The lowest BCUT2D eigenvalue weighted by molar-refractivity contribution is -0.188. The van der Waals surface area contributed by atoms with Crippen molar-refractivity contribution in [3.05, 3.63) is 17.7 Å². The highest BCUT2D eigenvalue weighted by Crippen LogP contribution is 2.33. The molecule has 2 rings (SSSR count). The van der Waals surface area contributed by atoms with E-state index in [1.165, 1.54) is 10.9 Å². The van der Waals surface area contributed by atoms with E-state index < -0.39 is 18.0 Å². The number of aromatic nitrogens is 2. The van der Waals surface area contributed by atoms with Crippen molar-refractivity contribution in [1.29, 1.82) is 10.5 Å². The van der Waals surface area contributed by atoms with Gasteiger partial charge in [-0.15, -0.1) is 0 Å². The number of alkyl halides is 3. The van der Waals surface area contributed by atoms with Gasteiger partial charge in [0.05, 0.1) is 12.2 Å². The van der Waals surface area contributed by atoms with Gasteiger partial charge in [0.1, 0.15) is 18.7 Å². The molecule has 0 bridgehead atoms. The maximum Gasteiger partial charge on any atom is 0.393 e. The van der Waals surface area contributed by atoms with Crippen LogP contribution in [0.4, 0.5) is 13.2 Å². The van der Waals surface area contributed by atoms with Crippen molar-refractivity contribution in [2.24, 2.45) is 5.92 Å². The summed E-state index contributed by atoms with van der Waals surface area (Å²) in [5.41, 5.74) is -0.178. The lowest BCUT2D eigenvalue weighted by atomic mass is 9.97. The number of hydrogen-bond donors (Lipinski definition) is 0. The number of rotatable bonds is 2. The summed E-state index contributed by atoms with van der Waals surface area (Å²) in [5, 5.41) is 17.7. The van der Waals surface area contributed by atoms with Crippen LogP contribution in [0.1, 0.15) is 24.2 Å². The minimum Gasteiger partial charge on any atom is -0.341 e. The standard InChI is InChI=1S/C13H12F3N5O/c14-13(15,16)9-2-1-3-20(6-9)12(22)7-21-8-19-10(4-17)11(21)5-18/h8-9H,1-3,6-7H2/t9-/m1/s1. The molecule has 0 saturated carbocycles. The second-order valence-electron chi connectivity index (χ2n) is 5.01. The highest BCUT2D eigenvalue weighted by molar-refractivity contribution is 5.76. The van der Waals surface area contributed by atoms with Crippen molar-refractivity contribution in [2.75, 3.05) is 13.1 Å². The number of halogens is 3. The molecule has 116 valence electrons. The number of hydrogen-bond acceptors (Lipinski definition) is 4. The monoisotopic (exact) mass is 311 g/mol. The van der Waals surface area contributed by atoms with E-state index in [9.17, 15) is 18.0 Å². The number of nitrogens with zero attached hydrogens (tertiary/aromatic N) is 5. The molecule has 1 amide bonds. The molecule has 0 radical (unpaired) electrons. The fourth-order valence-electron chi connectivity index (χ4n) is 2.42. The zero-order valence-corrected chi connectivity index (χ0v) is 11.5. The Morgan fingerprint density at radius 2 is 2.14 bits per heavy atom. The van der Waals surface area contributed by atoms with Crippen LogP contribution in [-0.4, -0.2) is 39.6 Å². The molecule has 1 aromatic heterocycles. The van der Waals surface area contributed by atoms with E-state index in [1.54, 1.807) is 12.1 Å². The Hall–Kier alpha value is -2.55. The van der Waals surface area contributed by atoms with Crippen molar-refractivity contribution in [1.82, 2.24) is 14.5 Å².